The summed E-state index contributed by atoms with van der Waals surface area (Å²) in [6.07, 6.45) is 3.23. The number of hydrogen-bond donors (Lipinski definition) is 2. The molecule has 0 bridgehead atoms. The highest BCUT2D eigenvalue weighted by molar-refractivity contribution is 5.83. The number of benzene rings is 1. The van der Waals surface area contributed by atoms with Crippen molar-refractivity contribution in [1.29, 1.82) is 0 Å². The minimum Gasteiger partial charge on any atom is -0.508 e. The van der Waals surface area contributed by atoms with E-state index in [-0.39, 0.29) is 17.9 Å². The molecule has 6 heteroatoms. The molecule has 6 nitrogen and oxygen atoms in total. The Morgan fingerprint density at radius 3 is 2.68 bits per heavy atom. The van der Waals surface area contributed by atoms with Crippen LogP contribution >= 0.6 is 0 Å². The lowest BCUT2D eigenvalue weighted by atomic mass is 10.0. The quantitative estimate of drug-likeness (QED) is 0.874. The number of hydrogen-bond acceptors (Lipinski definition) is 5. The maximum absolute atomic E-state index is 11.9. The van der Waals surface area contributed by atoms with Crippen LogP contribution in [0.1, 0.15) is 33.6 Å². The molecule has 1 aromatic carbocycles. The summed E-state index contributed by atoms with van der Waals surface area (Å²) in [5.41, 5.74) is 1.42. The van der Waals surface area contributed by atoms with Crippen LogP contribution in [0.2, 0.25) is 0 Å². The molecular weight excluding hydrogens is 318 g/mol. The van der Waals surface area contributed by atoms with Crippen molar-refractivity contribution < 1.29 is 14.6 Å². The number of nitrogens with one attached hydrogen (secondary N) is 1. The topological polar surface area (TPSA) is 74.7 Å². The van der Waals surface area contributed by atoms with Gasteiger partial charge in [-0.15, -0.1) is 0 Å². The van der Waals surface area contributed by atoms with E-state index in [1.54, 1.807) is 12.1 Å². The number of piperidine rings is 1. The van der Waals surface area contributed by atoms with Crippen molar-refractivity contribution in [2.45, 2.75) is 45.3 Å². The number of carbonyl (C=O) groups excluding carboxylic acids is 1. The minimum absolute atomic E-state index is 0.128. The summed E-state index contributed by atoms with van der Waals surface area (Å²) in [4.78, 5) is 18.6. The molecule has 0 saturated carbocycles. The van der Waals surface area contributed by atoms with Crippen LogP contribution in [0.3, 0.4) is 0 Å². The van der Waals surface area contributed by atoms with E-state index in [1.807, 2.05) is 39.1 Å². The standard InChI is InChI=1S/C19H25N3O3/c1-19(2,3)25-18(24)21-14-6-8-22(9-7-14)15-10-13-11-16(23)4-5-17(13)20-12-15/h4-5,10-12,14,23H,6-9H2,1-3H3,(H,21,24). The molecule has 2 heterocycles. The SMILES string of the molecule is CC(C)(C)OC(=O)NC1CCN(c2cnc3ccc(O)cc3c2)CC1. The zero-order chi connectivity index (χ0) is 18.0. The number of anilines is 1. The van der Waals surface area contributed by atoms with Crippen molar-refractivity contribution in [3.63, 3.8) is 0 Å². The monoisotopic (exact) mass is 343 g/mol. The first-order valence-electron chi connectivity index (χ1n) is 8.63. The molecule has 0 unspecified atom stereocenters. The van der Waals surface area contributed by atoms with Crippen molar-refractivity contribution in [3.8, 4) is 5.75 Å². The van der Waals surface area contributed by atoms with E-state index in [1.165, 1.54) is 0 Å². The number of alkyl carbamates (subject to hydrolysis) is 1. The number of carbonyl (C=O) groups is 1. The van der Waals surface area contributed by atoms with E-state index in [0.29, 0.717) is 0 Å². The summed E-state index contributed by atoms with van der Waals surface area (Å²) in [7, 11) is 0. The summed E-state index contributed by atoms with van der Waals surface area (Å²) >= 11 is 0. The first-order chi connectivity index (χ1) is 11.8. The predicted octanol–water partition coefficient (Wildman–Crippen LogP) is 3.43. The Bertz CT molecular complexity index is 762. The van der Waals surface area contributed by atoms with Crippen molar-refractivity contribution in [3.05, 3.63) is 30.5 Å². The number of phenolic OH excluding ortho intramolecular Hbond substituents is 1. The van der Waals surface area contributed by atoms with Crippen molar-refractivity contribution >= 4 is 22.7 Å². The minimum atomic E-state index is -0.479. The molecule has 2 N–H and O–H groups in total. The van der Waals surface area contributed by atoms with E-state index in [0.717, 1.165) is 42.5 Å². The van der Waals surface area contributed by atoms with E-state index in [2.05, 4.69) is 15.2 Å². The normalized spacial score (nSPS) is 16.0. The van der Waals surface area contributed by atoms with Crippen LogP contribution in [-0.4, -0.2) is 40.9 Å². The Hall–Kier alpha value is -2.50. The van der Waals surface area contributed by atoms with Gasteiger partial charge in [-0.3, -0.25) is 4.98 Å². The molecule has 1 aromatic heterocycles. The molecule has 1 fully saturated rings. The number of amides is 1. The van der Waals surface area contributed by atoms with Gasteiger partial charge in [0.2, 0.25) is 0 Å². The highest BCUT2D eigenvalue weighted by atomic mass is 16.6. The molecule has 0 radical (unpaired) electrons. The zero-order valence-electron chi connectivity index (χ0n) is 15.0. The fourth-order valence-electron chi connectivity index (χ4n) is 3.04. The third kappa shape index (κ3) is 4.53. The van der Waals surface area contributed by atoms with Crippen LogP contribution in [0.25, 0.3) is 10.9 Å². The molecule has 1 saturated heterocycles. The van der Waals surface area contributed by atoms with Gasteiger partial charge in [0.15, 0.2) is 0 Å². The molecule has 134 valence electrons. The van der Waals surface area contributed by atoms with Gasteiger partial charge in [0.05, 0.1) is 17.4 Å². The predicted molar refractivity (Wildman–Crippen MR) is 98.0 cm³/mol. The first-order valence-corrected chi connectivity index (χ1v) is 8.63. The lowest BCUT2D eigenvalue weighted by Crippen LogP contribution is -2.46. The fraction of sp³-hybridized carbons (Fsp3) is 0.474. The van der Waals surface area contributed by atoms with Crippen LogP contribution in [-0.2, 0) is 4.74 Å². The van der Waals surface area contributed by atoms with E-state index in [4.69, 9.17) is 4.74 Å². The third-order valence-corrected chi connectivity index (χ3v) is 4.23. The largest absolute Gasteiger partial charge is 0.508 e. The van der Waals surface area contributed by atoms with Crippen LogP contribution < -0.4 is 10.2 Å². The van der Waals surface area contributed by atoms with Gasteiger partial charge in [-0.2, -0.15) is 0 Å². The fourth-order valence-corrected chi connectivity index (χ4v) is 3.04. The molecule has 1 aliphatic heterocycles. The number of fused-ring (bicyclic) bond motifs is 1. The summed E-state index contributed by atoms with van der Waals surface area (Å²) in [6.45, 7) is 7.26. The number of rotatable bonds is 2. The zero-order valence-corrected chi connectivity index (χ0v) is 15.0. The first kappa shape index (κ1) is 17.3. The number of nitrogens with zero attached hydrogens (tertiary/aromatic N) is 2. The molecule has 2 aromatic rings. The van der Waals surface area contributed by atoms with Gasteiger partial charge < -0.3 is 20.1 Å². The van der Waals surface area contributed by atoms with Crippen LogP contribution in [0.15, 0.2) is 30.5 Å². The number of ether oxygens (including phenoxy) is 1. The second-order valence-electron chi connectivity index (χ2n) is 7.48. The maximum atomic E-state index is 11.9. The van der Waals surface area contributed by atoms with Gasteiger partial charge in [0.25, 0.3) is 0 Å². The lowest BCUT2D eigenvalue weighted by molar-refractivity contribution is 0.0497. The highest BCUT2D eigenvalue weighted by Gasteiger charge is 2.24. The summed E-state index contributed by atoms with van der Waals surface area (Å²) in [5, 5.41) is 13.5. The Morgan fingerprint density at radius 2 is 2.00 bits per heavy atom. The number of aromatic nitrogens is 1. The molecule has 0 aliphatic carbocycles. The van der Waals surface area contributed by atoms with Crippen molar-refractivity contribution in [1.82, 2.24) is 10.3 Å². The summed E-state index contributed by atoms with van der Waals surface area (Å²) in [5.74, 6) is 0.242. The average molecular weight is 343 g/mol. The maximum Gasteiger partial charge on any atom is 0.407 e. The van der Waals surface area contributed by atoms with Gasteiger partial charge in [0, 0.05) is 24.5 Å². The Kier molecular flexibility index (Phi) is 4.70. The van der Waals surface area contributed by atoms with Gasteiger partial charge in [-0.05, 0) is 57.9 Å². The lowest BCUT2D eigenvalue weighted by Gasteiger charge is -2.34. The Morgan fingerprint density at radius 1 is 1.28 bits per heavy atom. The van der Waals surface area contributed by atoms with Gasteiger partial charge >= 0.3 is 6.09 Å². The van der Waals surface area contributed by atoms with E-state index in [9.17, 15) is 9.90 Å². The van der Waals surface area contributed by atoms with Crippen molar-refractivity contribution in [2.75, 3.05) is 18.0 Å². The van der Waals surface area contributed by atoms with Gasteiger partial charge in [-0.1, -0.05) is 0 Å². The van der Waals surface area contributed by atoms with E-state index < -0.39 is 5.60 Å². The summed E-state index contributed by atoms with van der Waals surface area (Å²) in [6, 6.07) is 7.35. The number of phenols is 1. The molecule has 3 rings (SSSR count). The van der Waals surface area contributed by atoms with Gasteiger partial charge in [0.1, 0.15) is 11.4 Å². The third-order valence-electron chi connectivity index (χ3n) is 4.23. The van der Waals surface area contributed by atoms with Crippen molar-refractivity contribution in [2.24, 2.45) is 0 Å². The van der Waals surface area contributed by atoms with Crippen LogP contribution in [0.5, 0.6) is 5.75 Å². The van der Waals surface area contributed by atoms with E-state index >= 15 is 0 Å². The Labute approximate surface area is 147 Å². The second kappa shape index (κ2) is 6.78. The summed E-state index contributed by atoms with van der Waals surface area (Å²) < 4.78 is 5.31. The highest BCUT2D eigenvalue weighted by Crippen LogP contribution is 2.25. The molecule has 1 amide bonds. The number of pyridine rings is 1. The van der Waals surface area contributed by atoms with Crippen LogP contribution in [0, 0.1) is 0 Å². The average Bonchev–Trinajstić information content (AvgIpc) is 2.53. The number of aromatic hydroxyl groups is 1. The molecule has 1 aliphatic rings. The molecular formula is C19H25N3O3. The van der Waals surface area contributed by atoms with Crippen LogP contribution in [0.4, 0.5) is 10.5 Å². The molecule has 25 heavy (non-hydrogen) atoms. The molecule has 0 atom stereocenters. The smallest absolute Gasteiger partial charge is 0.407 e. The Balaban J connectivity index is 1.59. The second-order valence-corrected chi connectivity index (χ2v) is 7.48. The van der Waals surface area contributed by atoms with Gasteiger partial charge in [-0.25, -0.2) is 4.79 Å². The molecule has 0 spiro atoms.